The van der Waals surface area contributed by atoms with Crippen LogP contribution in [0.1, 0.15) is 78.1 Å². The topological polar surface area (TPSA) is 101 Å². The van der Waals surface area contributed by atoms with Crippen molar-refractivity contribution in [2.75, 3.05) is 31.2 Å². The number of fused-ring (bicyclic) bond motifs is 1. The predicted molar refractivity (Wildman–Crippen MR) is 195 cm³/mol. The van der Waals surface area contributed by atoms with Gasteiger partial charge in [-0.2, -0.15) is 0 Å². The molecule has 250 valence electrons. The van der Waals surface area contributed by atoms with Gasteiger partial charge in [-0.15, -0.1) is 20.5 Å². The van der Waals surface area contributed by atoms with E-state index in [1.165, 1.54) is 73.0 Å². The van der Waals surface area contributed by atoms with Gasteiger partial charge < -0.3 is 14.4 Å². The highest BCUT2D eigenvalue weighted by Gasteiger charge is 2.09. The molecule has 0 fully saturated rings. The molecule has 0 radical (unpaired) electrons. The number of anilines is 1. The van der Waals surface area contributed by atoms with E-state index in [1.54, 1.807) is 0 Å². The number of aromatic nitrogens is 1. The van der Waals surface area contributed by atoms with Crippen LogP contribution in [0.4, 0.5) is 27.2 Å². The molecule has 0 aliphatic rings. The number of carbonyl (C=O) groups is 1. The zero-order valence-corrected chi connectivity index (χ0v) is 29.2. The molecule has 0 atom stereocenters. The Morgan fingerprint density at radius 3 is 2.04 bits per heavy atom. The van der Waals surface area contributed by atoms with Crippen molar-refractivity contribution in [2.24, 2.45) is 20.5 Å². The fourth-order valence-corrected chi connectivity index (χ4v) is 6.80. The fourth-order valence-electron chi connectivity index (χ4n) is 4.95. The summed E-state index contributed by atoms with van der Waals surface area (Å²) in [7, 11) is 0. The Morgan fingerprint density at radius 1 is 0.809 bits per heavy atom. The molecule has 9 nitrogen and oxygen atoms in total. The van der Waals surface area contributed by atoms with Crippen molar-refractivity contribution in [3.05, 3.63) is 67.3 Å². The summed E-state index contributed by atoms with van der Waals surface area (Å²) >= 11 is 2.99. The number of azo groups is 2. The summed E-state index contributed by atoms with van der Waals surface area (Å²) in [5, 5.41) is 19.0. The molecular formula is C36H46N6O3S2. The van der Waals surface area contributed by atoms with Crippen molar-refractivity contribution in [3.63, 3.8) is 0 Å². The van der Waals surface area contributed by atoms with Crippen LogP contribution in [-0.4, -0.2) is 37.3 Å². The van der Waals surface area contributed by atoms with Crippen LogP contribution in [0.5, 0.6) is 5.75 Å². The number of ether oxygens (including phenoxy) is 2. The highest BCUT2D eigenvalue weighted by atomic mass is 32.1. The van der Waals surface area contributed by atoms with Crippen molar-refractivity contribution < 1.29 is 14.3 Å². The van der Waals surface area contributed by atoms with Gasteiger partial charge in [0.1, 0.15) is 15.6 Å². The quantitative estimate of drug-likeness (QED) is 0.0357. The van der Waals surface area contributed by atoms with Crippen LogP contribution in [0, 0.1) is 0 Å². The van der Waals surface area contributed by atoms with Gasteiger partial charge in [0.05, 0.1) is 29.3 Å². The zero-order valence-electron chi connectivity index (χ0n) is 27.6. The molecular weight excluding hydrogens is 629 g/mol. The van der Waals surface area contributed by atoms with Gasteiger partial charge in [-0.25, -0.2) is 9.78 Å². The predicted octanol–water partition coefficient (Wildman–Crippen LogP) is 12.0. The van der Waals surface area contributed by atoms with Crippen LogP contribution in [-0.2, 0) is 9.53 Å². The molecule has 0 unspecified atom stereocenters. The Balaban J connectivity index is 1.10. The largest absolute Gasteiger partial charge is 0.494 e. The molecule has 47 heavy (non-hydrogen) atoms. The maximum atomic E-state index is 11.0. The maximum absolute atomic E-state index is 11.0. The second-order valence-corrected chi connectivity index (χ2v) is 13.2. The van der Waals surface area contributed by atoms with Crippen molar-refractivity contribution in [1.82, 2.24) is 4.98 Å². The molecule has 11 heteroatoms. The number of benzene rings is 2. The van der Waals surface area contributed by atoms with E-state index in [0.29, 0.717) is 18.3 Å². The number of hydrogen-bond donors (Lipinski definition) is 0. The average molecular weight is 675 g/mol. The minimum atomic E-state index is -0.334. The molecule has 0 amide bonds. The van der Waals surface area contributed by atoms with Gasteiger partial charge in [-0.05, 0) is 80.8 Å². The third-order valence-electron chi connectivity index (χ3n) is 7.48. The number of rotatable bonds is 22. The van der Waals surface area contributed by atoms with E-state index >= 15 is 0 Å². The highest BCUT2D eigenvalue weighted by Crippen LogP contribution is 2.39. The van der Waals surface area contributed by atoms with Crippen molar-refractivity contribution in [3.8, 4) is 5.75 Å². The van der Waals surface area contributed by atoms with Crippen LogP contribution < -0.4 is 9.64 Å². The van der Waals surface area contributed by atoms with E-state index in [9.17, 15) is 4.79 Å². The molecule has 0 saturated heterocycles. The first-order valence-corrected chi connectivity index (χ1v) is 18.3. The average Bonchev–Trinajstić information content (AvgIpc) is 3.66. The normalized spacial score (nSPS) is 11.5. The Labute approximate surface area is 286 Å². The standard InChI is InChI=1S/C36H46N6O3S2/c1-4-24-42(6-3)30-20-16-28(17-21-30)39-41-36-37-35-32(46-36)27-33(47-35)40-38-29-18-22-31(23-19-29)44-25-14-12-10-8-7-9-11-13-15-26-45-34(43)5-2/h5,16-23,27H,2,4,6-15,24-26H2,1,3H3. The Bertz CT molecular complexity index is 1530. The second kappa shape index (κ2) is 20.3. The van der Waals surface area contributed by atoms with Crippen LogP contribution >= 0.6 is 22.7 Å². The number of nitrogens with zero attached hydrogens (tertiary/aromatic N) is 6. The van der Waals surface area contributed by atoms with Gasteiger partial charge >= 0.3 is 5.97 Å². The van der Waals surface area contributed by atoms with Crippen molar-refractivity contribution >= 4 is 65.4 Å². The van der Waals surface area contributed by atoms with Crippen LogP contribution in [0.25, 0.3) is 9.53 Å². The van der Waals surface area contributed by atoms with Gasteiger partial charge in [0.15, 0.2) is 0 Å². The van der Waals surface area contributed by atoms with Gasteiger partial charge in [0.2, 0.25) is 5.13 Å². The first-order chi connectivity index (χ1) is 23.1. The summed E-state index contributed by atoms with van der Waals surface area (Å²) in [6.45, 7) is 11.0. The molecule has 0 aliphatic carbocycles. The molecule has 0 N–H and O–H groups in total. The second-order valence-electron chi connectivity index (χ2n) is 11.1. The molecule has 0 saturated carbocycles. The number of thiophene rings is 1. The number of hydrogen-bond acceptors (Lipinski definition) is 11. The number of thiazole rings is 1. The summed E-state index contributed by atoms with van der Waals surface area (Å²) in [4.78, 5) is 18.8. The highest BCUT2D eigenvalue weighted by molar-refractivity contribution is 7.30. The third kappa shape index (κ3) is 12.6. The lowest BCUT2D eigenvalue weighted by Crippen LogP contribution is -2.23. The lowest BCUT2D eigenvalue weighted by atomic mass is 10.1. The minimum Gasteiger partial charge on any atom is -0.494 e. The maximum Gasteiger partial charge on any atom is 0.330 e. The molecule has 2 aromatic carbocycles. The summed E-state index contributed by atoms with van der Waals surface area (Å²) in [5.41, 5.74) is 2.79. The monoisotopic (exact) mass is 674 g/mol. The summed E-state index contributed by atoms with van der Waals surface area (Å²) in [6.07, 6.45) is 12.7. The van der Waals surface area contributed by atoms with E-state index in [2.05, 4.69) is 62.9 Å². The van der Waals surface area contributed by atoms with Gasteiger partial charge in [0.25, 0.3) is 0 Å². The number of unbranched alkanes of at least 4 members (excludes halogenated alkanes) is 8. The summed E-state index contributed by atoms with van der Waals surface area (Å²) in [6, 6.07) is 17.9. The number of esters is 1. The zero-order chi connectivity index (χ0) is 33.1. The number of carbonyl (C=O) groups excluding carboxylic acids is 1. The lowest BCUT2D eigenvalue weighted by molar-refractivity contribution is -0.137. The van der Waals surface area contributed by atoms with Gasteiger partial charge in [0, 0.05) is 24.9 Å². The summed E-state index contributed by atoms with van der Waals surface area (Å²) in [5.74, 6) is 0.514. The smallest absolute Gasteiger partial charge is 0.330 e. The third-order valence-corrected chi connectivity index (χ3v) is 9.40. The Kier molecular flexibility index (Phi) is 15.5. The SMILES string of the molecule is C=CC(=O)OCCCCCCCCCCCOc1ccc(N=Nc2cc3sc(N=Nc4ccc(N(CC)CCC)cc4)nc3s2)cc1. The molecule has 0 bridgehead atoms. The van der Waals surface area contributed by atoms with Gasteiger partial charge in [-0.1, -0.05) is 81.1 Å². The van der Waals surface area contributed by atoms with Crippen molar-refractivity contribution in [1.29, 1.82) is 0 Å². The van der Waals surface area contributed by atoms with E-state index in [1.807, 2.05) is 42.5 Å². The molecule has 2 aromatic heterocycles. The minimum absolute atomic E-state index is 0.334. The first kappa shape index (κ1) is 35.9. The van der Waals surface area contributed by atoms with E-state index in [-0.39, 0.29) is 5.97 Å². The van der Waals surface area contributed by atoms with E-state index < -0.39 is 0 Å². The van der Waals surface area contributed by atoms with Crippen molar-refractivity contribution in [2.45, 2.75) is 78.1 Å². The van der Waals surface area contributed by atoms with Crippen LogP contribution in [0.2, 0.25) is 0 Å². The first-order valence-electron chi connectivity index (χ1n) is 16.7. The van der Waals surface area contributed by atoms with Crippen LogP contribution in [0.15, 0.2) is 87.7 Å². The molecule has 2 heterocycles. The lowest BCUT2D eigenvalue weighted by Gasteiger charge is -2.22. The van der Waals surface area contributed by atoms with E-state index in [0.717, 1.165) is 70.4 Å². The van der Waals surface area contributed by atoms with Crippen LogP contribution in [0.3, 0.4) is 0 Å². The molecule has 4 rings (SSSR count). The molecule has 0 aliphatic heterocycles. The molecule has 0 spiro atoms. The Hall–Kier alpha value is -3.96. The summed E-state index contributed by atoms with van der Waals surface area (Å²) < 4.78 is 11.9. The van der Waals surface area contributed by atoms with Gasteiger partial charge in [-0.3, -0.25) is 0 Å². The Morgan fingerprint density at radius 2 is 1.43 bits per heavy atom. The van der Waals surface area contributed by atoms with E-state index in [4.69, 9.17) is 9.47 Å². The molecule has 4 aromatic rings. The fraction of sp³-hybridized carbons (Fsp3) is 0.444.